The molecule has 1 saturated heterocycles. The molecule has 1 aliphatic heterocycles. The van der Waals surface area contributed by atoms with Gasteiger partial charge in [-0.3, -0.25) is 9.69 Å². The Morgan fingerprint density at radius 3 is 2.47 bits per heavy atom. The fourth-order valence-electron chi connectivity index (χ4n) is 2.69. The first kappa shape index (κ1) is 14.1. The first-order valence-electron chi connectivity index (χ1n) is 6.45. The summed E-state index contributed by atoms with van der Waals surface area (Å²) in [5, 5.41) is 9.65. The van der Waals surface area contributed by atoms with E-state index in [1.54, 1.807) is 0 Å². The topological polar surface area (TPSA) is 40.5 Å². The fraction of sp³-hybridized carbons (Fsp3) is 0.400. The molecule has 0 radical (unpaired) electrons. The van der Waals surface area contributed by atoms with Crippen LogP contribution in [0.25, 0.3) is 0 Å². The van der Waals surface area contributed by atoms with Crippen LogP contribution >= 0.6 is 11.6 Å². The van der Waals surface area contributed by atoms with Gasteiger partial charge >= 0.3 is 5.97 Å². The summed E-state index contributed by atoms with van der Waals surface area (Å²) < 4.78 is 0. The molecule has 1 aliphatic rings. The molecule has 0 saturated carbocycles. The average Bonchev–Trinajstić information content (AvgIpc) is 2.46. The molecule has 1 N–H and O–H groups in total. The van der Waals surface area contributed by atoms with Gasteiger partial charge in [-0.2, -0.15) is 0 Å². The number of aliphatic carboxylic acids is 1. The molecule has 0 unspecified atom stereocenters. The minimum absolute atomic E-state index is 0.641. The van der Waals surface area contributed by atoms with Crippen molar-refractivity contribution < 1.29 is 9.90 Å². The normalized spacial score (nSPS) is 19.6. The number of carboxylic acid groups (broad SMARTS) is 1. The first-order chi connectivity index (χ1) is 9.19. The van der Waals surface area contributed by atoms with Crippen molar-refractivity contribution in [2.75, 3.05) is 19.6 Å². The highest BCUT2D eigenvalue weighted by Gasteiger charge is 2.42. The highest BCUT2D eigenvalue weighted by atomic mass is 35.5. The summed E-state index contributed by atoms with van der Waals surface area (Å²) >= 11 is 5.52. The Morgan fingerprint density at radius 1 is 1.32 bits per heavy atom. The predicted molar refractivity (Wildman–Crippen MR) is 76.4 cm³/mol. The number of benzene rings is 1. The standard InChI is InChI=1S/C15H18ClNO2/c16-9-4-10-17-11-7-15(8-12-17,14(18)19)13-5-2-1-3-6-13/h1-6,9H,7-8,10-12H2,(H,18,19)/b9-4+. The zero-order valence-corrected chi connectivity index (χ0v) is 11.5. The van der Waals surface area contributed by atoms with Crippen LogP contribution < -0.4 is 0 Å². The Kier molecular flexibility index (Phi) is 4.61. The van der Waals surface area contributed by atoms with E-state index >= 15 is 0 Å². The van der Waals surface area contributed by atoms with Crippen LogP contribution in [0, 0.1) is 0 Å². The molecule has 0 aliphatic carbocycles. The monoisotopic (exact) mass is 279 g/mol. The van der Waals surface area contributed by atoms with Gasteiger partial charge in [-0.25, -0.2) is 0 Å². The van der Waals surface area contributed by atoms with Gasteiger partial charge in [0.15, 0.2) is 0 Å². The lowest BCUT2D eigenvalue weighted by molar-refractivity contribution is -0.145. The summed E-state index contributed by atoms with van der Waals surface area (Å²) in [4.78, 5) is 14.0. The molecule has 1 aromatic rings. The molecule has 0 spiro atoms. The van der Waals surface area contributed by atoms with Gasteiger partial charge in [-0.15, -0.1) is 0 Å². The maximum absolute atomic E-state index is 11.7. The quantitative estimate of drug-likeness (QED) is 0.921. The molecule has 1 fully saturated rings. The van der Waals surface area contributed by atoms with E-state index in [4.69, 9.17) is 11.6 Å². The Bertz CT molecular complexity index is 450. The fourth-order valence-corrected chi connectivity index (χ4v) is 2.77. The summed E-state index contributed by atoms with van der Waals surface area (Å²) in [6, 6.07) is 9.57. The smallest absolute Gasteiger partial charge is 0.314 e. The molecule has 1 heterocycles. The largest absolute Gasteiger partial charge is 0.481 e. The van der Waals surface area contributed by atoms with E-state index in [1.165, 1.54) is 5.54 Å². The number of likely N-dealkylation sites (tertiary alicyclic amines) is 1. The van der Waals surface area contributed by atoms with Gasteiger partial charge < -0.3 is 5.11 Å². The van der Waals surface area contributed by atoms with E-state index in [-0.39, 0.29) is 0 Å². The zero-order chi connectivity index (χ0) is 13.7. The number of piperidine rings is 1. The molecule has 0 atom stereocenters. The van der Waals surface area contributed by atoms with E-state index in [1.807, 2.05) is 36.4 Å². The second-order valence-electron chi connectivity index (χ2n) is 4.92. The van der Waals surface area contributed by atoms with E-state index in [0.717, 1.165) is 25.2 Å². The van der Waals surface area contributed by atoms with Crippen molar-refractivity contribution in [2.45, 2.75) is 18.3 Å². The minimum atomic E-state index is -0.734. The van der Waals surface area contributed by atoms with Crippen LogP contribution in [0.3, 0.4) is 0 Å². The maximum atomic E-state index is 11.7. The van der Waals surface area contributed by atoms with Gasteiger partial charge in [0.2, 0.25) is 0 Å². The van der Waals surface area contributed by atoms with Crippen LogP contribution in [-0.2, 0) is 10.2 Å². The summed E-state index contributed by atoms with van der Waals surface area (Å²) in [6.07, 6.45) is 3.17. The second kappa shape index (κ2) is 6.22. The number of hydrogen-bond acceptors (Lipinski definition) is 2. The number of hydrogen-bond donors (Lipinski definition) is 1. The number of rotatable bonds is 4. The van der Waals surface area contributed by atoms with Crippen LogP contribution in [0.5, 0.6) is 0 Å². The summed E-state index contributed by atoms with van der Waals surface area (Å²) in [6.45, 7) is 2.35. The lowest BCUT2D eigenvalue weighted by Gasteiger charge is -2.38. The molecule has 19 heavy (non-hydrogen) atoms. The van der Waals surface area contributed by atoms with E-state index in [9.17, 15) is 9.90 Å². The lowest BCUT2D eigenvalue weighted by atomic mass is 9.73. The zero-order valence-electron chi connectivity index (χ0n) is 10.8. The molecule has 1 aromatic carbocycles. The highest BCUT2D eigenvalue weighted by molar-refractivity contribution is 6.25. The van der Waals surface area contributed by atoms with Crippen LogP contribution in [0.1, 0.15) is 18.4 Å². The number of carbonyl (C=O) groups is 1. The third kappa shape index (κ3) is 2.99. The Hall–Kier alpha value is -1.32. The van der Waals surface area contributed by atoms with Gasteiger partial charge in [0.1, 0.15) is 0 Å². The maximum Gasteiger partial charge on any atom is 0.314 e. The van der Waals surface area contributed by atoms with Gasteiger partial charge in [0.05, 0.1) is 5.41 Å². The van der Waals surface area contributed by atoms with Gasteiger partial charge in [-0.1, -0.05) is 48.0 Å². The SMILES string of the molecule is O=C(O)C1(c2ccccc2)CCN(C/C=C/Cl)CC1. The molecule has 0 amide bonds. The van der Waals surface area contributed by atoms with Crippen molar-refractivity contribution in [1.29, 1.82) is 0 Å². The molecule has 0 bridgehead atoms. The van der Waals surface area contributed by atoms with Gasteiger partial charge in [-0.05, 0) is 31.5 Å². The average molecular weight is 280 g/mol. The molecule has 102 valence electrons. The molecule has 0 aromatic heterocycles. The highest BCUT2D eigenvalue weighted by Crippen LogP contribution is 2.35. The molecular formula is C15H18ClNO2. The van der Waals surface area contributed by atoms with Crippen LogP contribution in [0.2, 0.25) is 0 Å². The van der Waals surface area contributed by atoms with Crippen molar-refractivity contribution >= 4 is 17.6 Å². The van der Waals surface area contributed by atoms with E-state index in [0.29, 0.717) is 12.8 Å². The summed E-state index contributed by atoms with van der Waals surface area (Å²) in [5.74, 6) is -0.716. The third-order valence-electron chi connectivity index (χ3n) is 3.90. The summed E-state index contributed by atoms with van der Waals surface area (Å²) in [7, 11) is 0. The van der Waals surface area contributed by atoms with Gasteiger partial charge in [0, 0.05) is 12.1 Å². The molecular weight excluding hydrogens is 262 g/mol. The number of halogens is 1. The Labute approximate surface area is 118 Å². The second-order valence-corrected chi connectivity index (χ2v) is 5.17. The van der Waals surface area contributed by atoms with Crippen LogP contribution in [0.4, 0.5) is 0 Å². The van der Waals surface area contributed by atoms with Crippen molar-refractivity contribution in [1.82, 2.24) is 4.90 Å². The molecule has 3 nitrogen and oxygen atoms in total. The number of nitrogens with zero attached hydrogens (tertiary/aromatic N) is 1. The van der Waals surface area contributed by atoms with Crippen LogP contribution in [-0.4, -0.2) is 35.6 Å². The van der Waals surface area contributed by atoms with Gasteiger partial charge in [0.25, 0.3) is 0 Å². The lowest BCUT2D eigenvalue weighted by Crippen LogP contribution is -2.47. The van der Waals surface area contributed by atoms with Crippen molar-refractivity contribution in [3.8, 4) is 0 Å². The van der Waals surface area contributed by atoms with Crippen molar-refractivity contribution in [2.24, 2.45) is 0 Å². The summed E-state index contributed by atoms with van der Waals surface area (Å²) in [5.41, 5.74) is 1.69. The third-order valence-corrected chi connectivity index (χ3v) is 4.08. The molecule has 2 rings (SSSR count). The van der Waals surface area contributed by atoms with E-state index in [2.05, 4.69) is 4.90 Å². The van der Waals surface area contributed by atoms with Crippen molar-refractivity contribution in [3.63, 3.8) is 0 Å². The Morgan fingerprint density at radius 2 is 1.95 bits per heavy atom. The number of carboxylic acids is 1. The predicted octanol–water partition coefficient (Wildman–Crippen LogP) is 2.86. The molecule has 4 heteroatoms. The Balaban J connectivity index is 2.14. The van der Waals surface area contributed by atoms with Crippen LogP contribution in [0.15, 0.2) is 41.9 Å². The van der Waals surface area contributed by atoms with Crippen molar-refractivity contribution in [3.05, 3.63) is 47.5 Å². The first-order valence-corrected chi connectivity index (χ1v) is 6.89. The van der Waals surface area contributed by atoms with E-state index < -0.39 is 11.4 Å². The minimum Gasteiger partial charge on any atom is -0.481 e.